The minimum absolute atomic E-state index is 0. The first-order chi connectivity index (χ1) is 21.2. The second-order valence-electron chi connectivity index (χ2n) is 12.0. The number of phenols is 1. The van der Waals surface area contributed by atoms with Crippen LogP contribution in [0.3, 0.4) is 0 Å². The van der Waals surface area contributed by atoms with Gasteiger partial charge in [-0.2, -0.15) is 30.8 Å². The summed E-state index contributed by atoms with van der Waals surface area (Å²) in [4.78, 5) is 0. The first kappa shape index (κ1) is 34.2. The summed E-state index contributed by atoms with van der Waals surface area (Å²) >= 11 is 0. The van der Waals surface area contributed by atoms with E-state index in [1.54, 1.807) is 0 Å². The third-order valence-corrected chi connectivity index (χ3v) is 8.84. The van der Waals surface area contributed by atoms with Gasteiger partial charge < -0.3 is 5.11 Å². The van der Waals surface area contributed by atoms with E-state index in [2.05, 4.69) is 56.8 Å². The molecule has 3 aromatic carbocycles. The summed E-state index contributed by atoms with van der Waals surface area (Å²) in [5.74, 6) is 0.369. The minimum atomic E-state index is 0. The molecule has 0 amide bonds. The van der Waals surface area contributed by atoms with Crippen LogP contribution < -0.4 is 0 Å². The number of para-hydroxylation sites is 2. The molecule has 0 unspecified atom stereocenters. The fraction of sp³-hybridized carbons (Fsp3) is 0.500. The molecule has 2 heterocycles. The van der Waals surface area contributed by atoms with Crippen molar-refractivity contribution in [3.05, 3.63) is 53.6 Å². The average molecular weight is 670 g/mol. The van der Waals surface area contributed by atoms with Crippen LogP contribution in [0, 0.1) is 0 Å². The molecule has 0 atom stereocenters. The van der Waals surface area contributed by atoms with Crippen LogP contribution in [0.15, 0.2) is 42.5 Å². The van der Waals surface area contributed by atoms with E-state index < -0.39 is 0 Å². The Hall–Kier alpha value is -2.64. The quantitative estimate of drug-likeness (QED) is 0.0806. The number of hydrogen-bond donors (Lipinski definition) is 3. The normalized spacial score (nSPS) is 11.4. The minimum Gasteiger partial charge on any atom is -0.508 e. The number of H-pyrrole nitrogens is 2. The van der Waals surface area contributed by atoms with Crippen LogP contribution in [0.25, 0.3) is 44.3 Å². The van der Waals surface area contributed by atoms with Crippen molar-refractivity contribution in [1.29, 1.82) is 0 Å². The molecule has 7 nitrogen and oxygen atoms in total. The summed E-state index contributed by atoms with van der Waals surface area (Å²) in [5.41, 5.74) is 9.66. The Morgan fingerprint density at radius 1 is 0.545 bits per heavy atom. The number of aromatic hydroxyl groups is 1. The van der Waals surface area contributed by atoms with E-state index in [0.717, 1.165) is 82.0 Å². The van der Waals surface area contributed by atoms with Crippen molar-refractivity contribution in [3.8, 4) is 28.0 Å². The SMILES string of the molecule is CCCCCCCCCCCCCCc1c(CCCC)c(O)cc(-c2cccc3n[nH]nc23)c1-c1cccc2n[nH]nc12.[Y]. The summed E-state index contributed by atoms with van der Waals surface area (Å²) in [6, 6.07) is 14.2. The molecular formula is C36H48N6OY. The molecule has 231 valence electrons. The fourth-order valence-corrected chi connectivity index (χ4v) is 6.49. The molecule has 0 aliphatic rings. The third kappa shape index (κ3) is 8.34. The predicted octanol–water partition coefficient (Wildman–Crippen LogP) is 9.85. The second kappa shape index (κ2) is 17.7. The van der Waals surface area contributed by atoms with Crippen LogP contribution in [-0.4, -0.2) is 35.9 Å². The van der Waals surface area contributed by atoms with Crippen molar-refractivity contribution in [3.63, 3.8) is 0 Å². The van der Waals surface area contributed by atoms with Gasteiger partial charge in [0.05, 0.1) is 0 Å². The van der Waals surface area contributed by atoms with Crippen LogP contribution in [0.4, 0.5) is 0 Å². The number of unbranched alkanes of at least 4 members (excludes halogenated alkanes) is 12. The third-order valence-electron chi connectivity index (χ3n) is 8.84. The number of aromatic nitrogens is 6. The van der Waals surface area contributed by atoms with Crippen molar-refractivity contribution in [1.82, 2.24) is 30.8 Å². The van der Waals surface area contributed by atoms with Gasteiger partial charge in [0.1, 0.15) is 27.8 Å². The van der Waals surface area contributed by atoms with Gasteiger partial charge in [-0.25, -0.2) is 0 Å². The van der Waals surface area contributed by atoms with E-state index in [1.807, 2.05) is 30.3 Å². The predicted molar refractivity (Wildman–Crippen MR) is 177 cm³/mol. The van der Waals surface area contributed by atoms with Crippen molar-refractivity contribution >= 4 is 22.1 Å². The Bertz CT molecular complexity index is 1590. The van der Waals surface area contributed by atoms with Crippen molar-refractivity contribution in [2.75, 3.05) is 0 Å². The van der Waals surface area contributed by atoms with E-state index in [-0.39, 0.29) is 32.7 Å². The Morgan fingerprint density at radius 2 is 1.05 bits per heavy atom. The smallest absolute Gasteiger partial charge is 0.120 e. The van der Waals surface area contributed by atoms with Crippen molar-refractivity contribution in [2.24, 2.45) is 0 Å². The van der Waals surface area contributed by atoms with Gasteiger partial charge in [-0.1, -0.05) is 115 Å². The van der Waals surface area contributed by atoms with E-state index in [1.165, 1.54) is 76.2 Å². The van der Waals surface area contributed by atoms with Crippen LogP contribution in [0.5, 0.6) is 5.75 Å². The molecule has 0 spiro atoms. The topological polar surface area (TPSA) is 103 Å². The molecular weight excluding hydrogens is 621 g/mol. The van der Waals surface area contributed by atoms with Crippen LogP contribution in [-0.2, 0) is 45.6 Å². The molecule has 0 bridgehead atoms. The summed E-state index contributed by atoms with van der Waals surface area (Å²) in [6.07, 6.45) is 19.7. The van der Waals surface area contributed by atoms with Gasteiger partial charge in [0.15, 0.2) is 0 Å². The van der Waals surface area contributed by atoms with Crippen LogP contribution in [0.1, 0.15) is 115 Å². The van der Waals surface area contributed by atoms with Crippen molar-refractivity contribution in [2.45, 2.75) is 117 Å². The average Bonchev–Trinajstić information content (AvgIpc) is 3.71. The number of hydrogen-bond acceptors (Lipinski definition) is 5. The van der Waals surface area contributed by atoms with E-state index in [0.29, 0.717) is 5.75 Å². The number of aromatic amines is 2. The molecule has 8 heteroatoms. The summed E-state index contributed by atoms with van der Waals surface area (Å²) in [6.45, 7) is 4.49. The molecule has 5 rings (SSSR count). The number of nitrogens with one attached hydrogen (secondary N) is 2. The van der Waals surface area contributed by atoms with Gasteiger partial charge in [-0.15, -0.1) is 0 Å². The van der Waals surface area contributed by atoms with E-state index >= 15 is 0 Å². The Labute approximate surface area is 287 Å². The summed E-state index contributed by atoms with van der Waals surface area (Å²) in [7, 11) is 0. The Balaban J connectivity index is 0.00000442. The molecule has 2 aromatic heterocycles. The number of benzene rings is 3. The number of fused-ring (bicyclic) bond motifs is 2. The van der Waals surface area contributed by atoms with Crippen molar-refractivity contribution < 1.29 is 37.8 Å². The van der Waals surface area contributed by atoms with E-state index in [4.69, 9.17) is 0 Å². The number of rotatable bonds is 18. The summed E-state index contributed by atoms with van der Waals surface area (Å²) in [5, 5.41) is 35.0. The monoisotopic (exact) mass is 669 g/mol. The van der Waals surface area contributed by atoms with Gasteiger partial charge in [-0.05, 0) is 66.1 Å². The molecule has 3 N–H and O–H groups in total. The van der Waals surface area contributed by atoms with Gasteiger partial charge in [-0.3, -0.25) is 0 Å². The zero-order valence-electron chi connectivity index (χ0n) is 26.7. The molecule has 1 radical (unpaired) electrons. The van der Waals surface area contributed by atoms with Gasteiger partial charge >= 0.3 is 0 Å². The molecule has 0 aliphatic heterocycles. The van der Waals surface area contributed by atoms with Crippen LogP contribution >= 0.6 is 0 Å². The molecule has 44 heavy (non-hydrogen) atoms. The van der Waals surface area contributed by atoms with Gasteiger partial charge in [0, 0.05) is 43.8 Å². The Kier molecular flexibility index (Phi) is 13.8. The zero-order valence-corrected chi connectivity index (χ0v) is 29.5. The molecule has 0 aliphatic carbocycles. The van der Waals surface area contributed by atoms with Crippen LogP contribution in [0.2, 0.25) is 0 Å². The maximum Gasteiger partial charge on any atom is 0.120 e. The number of phenolic OH excluding ortho intramolecular Hbond substituents is 1. The largest absolute Gasteiger partial charge is 0.508 e. The standard InChI is InChI=1S/C36H48N6O.Y/c1-3-5-7-8-9-10-11-12-13-14-15-16-20-27-26(19-6-4-2)33(43)25-30(28-21-17-23-31-35(28)39-41-37-31)34(27)29-22-18-24-32-36(29)40-42-38-32;/h17-18,21-25,43H,3-16,19-20H2,1-2H3,(H,37,39,41)(H,38,40,42);. The fourth-order valence-electron chi connectivity index (χ4n) is 6.49. The first-order valence-electron chi connectivity index (χ1n) is 16.7. The number of nitrogens with zero attached hydrogens (tertiary/aromatic N) is 4. The first-order valence-corrected chi connectivity index (χ1v) is 16.7. The maximum atomic E-state index is 11.5. The molecule has 5 aromatic rings. The van der Waals surface area contributed by atoms with Gasteiger partial charge in [0.25, 0.3) is 0 Å². The molecule has 0 saturated heterocycles. The van der Waals surface area contributed by atoms with E-state index in [9.17, 15) is 5.11 Å². The zero-order chi connectivity index (χ0) is 29.9. The Morgan fingerprint density at radius 3 is 1.64 bits per heavy atom. The molecule has 0 saturated carbocycles. The maximum absolute atomic E-state index is 11.5. The molecule has 0 fully saturated rings. The summed E-state index contributed by atoms with van der Waals surface area (Å²) < 4.78 is 0. The van der Waals surface area contributed by atoms with Gasteiger partial charge in [0.2, 0.25) is 0 Å². The second-order valence-corrected chi connectivity index (χ2v) is 12.0.